The molecule has 2 rings (SSSR count). The third kappa shape index (κ3) is 8.02. The van der Waals surface area contributed by atoms with E-state index >= 15 is 0 Å². The number of amides is 1. The van der Waals surface area contributed by atoms with Crippen molar-refractivity contribution >= 4 is 35.8 Å². The predicted molar refractivity (Wildman–Crippen MR) is 119 cm³/mol. The molecule has 1 atom stereocenters. The lowest BCUT2D eigenvalue weighted by Crippen LogP contribution is -2.42. The van der Waals surface area contributed by atoms with E-state index in [-0.39, 0.29) is 41.7 Å². The van der Waals surface area contributed by atoms with Crippen molar-refractivity contribution in [3.05, 3.63) is 35.1 Å². The summed E-state index contributed by atoms with van der Waals surface area (Å²) in [5, 5.41) is 9.48. The second-order valence-corrected chi connectivity index (χ2v) is 7.03. The molecule has 1 fully saturated rings. The molecular formula is C20H32FIN4O. The van der Waals surface area contributed by atoms with Crippen LogP contribution in [0.5, 0.6) is 0 Å². The number of guanidine groups is 1. The summed E-state index contributed by atoms with van der Waals surface area (Å²) < 4.78 is 13.7. The Bertz CT molecular complexity index is 632. The molecular weight excluding hydrogens is 458 g/mol. The topological polar surface area (TPSA) is 65.5 Å². The fraction of sp³-hybridized carbons (Fsp3) is 0.600. The van der Waals surface area contributed by atoms with Crippen LogP contribution in [0.15, 0.2) is 23.2 Å². The zero-order valence-electron chi connectivity index (χ0n) is 16.5. The molecule has 27 heavy (non-hydrogen) atoms. The Hall–Kier alpha value is -1.38. The van der Waals surface area contributed by atoms with Gasteiger partial charge in [-0.25, -0.2) is 4.39 Å². The van der Waals surface area contributed by atoms with Crippen molar-refractivity contribution in [2.45, 2.75) is 64.5 Å². The van der Waals surface area contributed by atoms with E-state index in [2.05, 4.69) is 20.9 Å². The lowest BCUT2D eigenvalue weighted by Gasteiger charge is -2.23. The van der Waals surface area contributed by atoms with E-state index in [1.807, 2.05) is 13.0 Å². The molecule has 0 bridgehead atoms. The lowest BCUT2D eigenvalue weighted by molar-refractivity contribution is -0.121. The van der Waals surface area contributed by atoms with Gasteiger partial charge in [0.05, 0.1) is 6.04 Å². The Labute approximate surface area is 179 Å². The van der Waals surface area contributed by atoms with Gasteiger partial charge in [-0.1, -0.05) is 31.4 Å². The molecule has 0 heterocycles. The molecule has 1 aromatic rings. The Balaban J connectivity index is 0.00000364. The van der Waals surface area contributed by atoms with E-state index in [9.17, 15) is 9.18 Å². The number of nitrogens with one attached hydrogen (secondary N) is 3. The summed E-state index contributed by atoms with van der Waals surface area (Å²) in [4.78, 5) is 16.2. The molecule has 0 spiro atoms. The second-order valence-electron chi connectivity index (χ2n) is 7.03. The first-order chi connectivity index (χ1) is 12.5. The van der Waals surface area contributed by atoms with Gasteiger partial charge in [0.2, 0.25) is 5.91 Å². The molecule has 1 aliphatic carbocycles. The van der Waals surface area contributed by atoms with Crippen molar-refractivity contribution < 1.29 is 9.18 Å². The summed E-state index contributed by atoms with van der Waals surface area (Å²) in [6.07, 6.45) is 6.28. The number of hydrogen-bond donors (Lipinski definition) is 3. The minimum absolute atomic E-state index is 0. The van der Waals surface area contributed by atoms with E-state index in [1.54, 1.807) is 20.0 Å². The molecule has 0 aliphatic heterocycles. The number of benzene rings is 1. The average molecular weight is 490 g/mol. The maximum atomic E-state index is 13.7. The number of hydrogen-bond acceptors (Lipinski definition) is 2. The number of carbonyl (C=O) groups is 1. The van der Waals surface area contributed by atoms with Gasteiger partial charge in [-0.2, -0.15) is 0 Å². The van der Waals surface area contributed by atoms with E-state index < -0.39 is 0 Å². The van der Waals surface area contributed by atoms with Crippen molar-refractivity contribution in [2.24, 2.45) is 4.99 Å². The number of nitrogens with zero attached hydrogens (tertiary/aromatic N) is 1. The molecule has 0 radical (unpaired) electrons. The van der Waals surface area contributed by atoms with Gasteiger partial charge in [-0.3, -0.25) is 9.79 Å². The molecule has 5 nitrogen and oxygen atoms in total. The van der Waals surface area contributed by atoms with Gasteiger partial charge in [0, 0.05) is 26.1 Å². The lowest BCUT2D eigenvalue weighted by atomic mass is 9.95. The van der Waals surface area contributed by atoms with Gasteiger partial charge in [-0.05, 0) is 43.9 Å². The quantitative estimate of drug-likeness (QED) is 0.323. The molecule has 152 valence electrons. The van der Waals surface area contributed by atoms with Gasteiger partial charge < -0.3 is 16.0 Å². The second kappa shape index (κ2) is 12.2. The van der Waals surface area contributed by atoms with Gasteiger partial charge in [-0.15, -0.1) is 24.0 Å². The summed E-state index contributed by atoms with van der Waals surface area (Å²) in [7, 11) is 1.68. The number of carbonyl (C=O) groups excluding carboxylic acids is 1. The van der Waals surface area contributed by atoms with Crippen LogP contribution in [0.4, 0.5) is 4.39 Å². The van der Waals surface area contributed by atoms with E-state index in [1.165, 1.54) is 25.3 Å². The molecule has 1 saturated carbocycles. The molecule has 7 heteroatoms. The fourth-order valence-electron chi connectivity index (χ4n) is 3.20. The van der Waals surface area contributed by atoms with Gasteiger partial charge >= 0.3 is 0 Å². The van der Waals surface area contributed by atoms with Crippen molar-refractivity contribution in [3.63, 3.8) is 0 Å². The van der Waals surface area contributed by atoms with Crippen molar-refractivity contribution in [2.75, 3.05) is 13.6 Å². The molecule has 1 unspecified atom stereocenters. The van der Waals surface area contributed by atoms with Crippen LogP contribution in [-0.2, 0) is 4.79 Å². The number of halogens is 2. The minimum Gasteiger partial charge on any atom is -0.356 e. The largest absolute Gasteiger partial charge is 0.356 e. The number of aryl methyl sites for hydroxylation is 1. The van der Waals surface area contributed by atoms with Crippen molar-refractivity contribution in [3.8, 4) is 0 Å². The smallest absolute Gasteiger partial charge is 0.221 e. The predicted octanol–water partition coefficient (Wildman–Crippen LogP) is 3.82. The van der Waals surface area contributed by atoms with Crippen LogP contribution in [0.2, 0.25) is 0 Å². The first kappa shape index (κ1) is 23.7. The van der Waals surface area contributed by atoms with Crippen LogP contribution in [0.3, 0.4) is 0 Å². The summed E-state index contributed by atoms with van der Waals surface area (Å²) in [5.41, 5.74) is 1.48. The van der Waals surface area contributed by atoms with Crippen molar-refractivity contribution in [1.82, 2.24) is 16.0 Å². The van der Waals surface area contributed by atoms with E-state index in [4.69, 9.17) is 0 Å². The Kier molecular flexibility index (Phi) is 10.6. The monoisotopic (exact) mass is 490 g/mol. The van der Waals surface area contributed by atoms with Crippen LogP contribution >= 0.6 is 24.0 Å². The molecule has 0 aromatic heterocycles. The molecule has 1 aliphatic rings. The normalized spacial score (nSPS) is 16.2. The summed E-state index contributed by atoms with van der Waals surface area (Å²) >= 11 is 0. The summed E-state index contributed by atoms with van der Waals surface area (Å²) in [5.74, 6) is 0.468. The van der Waals surface area contributed by atoms with Crippen LogP contribution < -0.4 is 16.0 Å². The SMILES string of the molecule is CN=C(NCCC(=O)NC1CCCCC1)NC(C)c1ccc(C)c(F)c1.I. The first-order valence-corrected chi connectivity index (χ1v) is 9.52. The maximum Gasteiger partial charge on any atom is 0.221 e. The maximum absolute atomic E-state index is 13.7. The van der Waals surface area contributed by atoms with E-state index in [0.29, 0.717) is 30.5 Å². The fourth-order valence-corrected chi connectivity index (χ4v) is 3.20. The zero-order valence-corrected chi connectivity index (χ0v) is 18.8. The zero-order chi connectivity index (χ0) is 18.9. The van der Waals surface area contributed by atoms with E-state index in [0.717, 1.165) is 18.4 Å². The summed E-state index contributed by atoms with van der Waals surface area (Å²) in [6, 6.07) is 5.46. The highest BCUT2D eigenvalue weighted by atomic mass is 127. The van der Waals surface area contributed by atoms with Crippen LogP contribution in [0.25, 0.3) is 0 Å². The third-order valence-electron chi connectivity index (χ3n) is 4.89. The average Bonchev–Trinajstić information content (AvgIpc) is 2.63. The van der Waals surface area contributed by atoms with Crippen molar-refractivity contribution in [1.29, 1.82) is 0 Å². The minimum atomic E-state index is -0.210. The molecule has 1 amide bonds. The number of aliphatic imine (C=N–C) groups is 1. The van der Waals surface area contributed by atoms with Gasteiger partial charge in [0.15, 0.2) is 5.96 Å². The molecule has 3 N–H and O–H groups in total. The highest BCUT2D eigenvalue weighted by Crippen LogP contribution is 2.17. The van der Waals surface area contributed by atoms with Crippen LogP contribution in [0, 0.1) is 12.7 Å². The highest BCUT2D eigenvalue weighted by Gasteiger charge is 2.15. The van der Waals surface area contributed by atoms with Gasteiger partial charge in [0.25, 0.3) is 0 Å². The van der Waals surface area contributed by atoms with Gasteiger partial charge in [0.1, 0.15) is 5.82 Å². The van der Waals surface area contributed by atoms with Crippen LogP contribution in [0.1, 0.15) is 62.6 Å². The standard InChI is InChI=1S/C20H31FN4O.HI/c1-14-9-10-16(13-18(14)21)15(2)24-20(22-3)23-12-11-19(26)25-17-7-5-4-6-8-17;/h9-10,13,15,17H,4-8,11-12H2,1-3H3,(H,25,26)(H2,22,23,24);1H. The Morgan fingerprint density at radius 1 is 1.30 bits per heavy atom. The Morgan fingerprint density at radius 2 is 2.00 bits per heavy atom. The molecule has 1 aromatic carbocycles. The summed E-state index contributed by atoms with van der Waals surface area (Å²) in [6.45, 7) is 4.20. The Morgan fingerprint density at radius 3 is 2.63 bits per heavy atom. The van der Waals surface area contributed by atoms with Crippen LogP contribution in [-0.4, -0.2) is 31.5 Å². The number of rotatable bonds is 6. The first-order valence-electron chi connectivity index (χ1n) is 9.52. The molecule has 0 saturated heterocycles. The third-order valence-corrected chi connectivity index (χ3v) is 4.89. The highest BCUT2D eigenvalue weighted by molar-refractivity contribution is 14.0.